The van der Waals surface area contributed by atoms with Crippen LogP contribution >= 0.6 is 11.8 Å². The normalized spacial score (nSPS) is 18.6. The van der Waals surface area contributed by atoms with E-state index in [0.29, 0.717) is 18.4 Å². The number of hydrogen-bond donors (Lipinski definition) is 5. The minimum absolute atomic E-state index is 0.0196. The van der Waals surface area contributed by atoms with E-state index < -0.39 is 28.9 Å². The minimum Gasteiger partial charge on any atom is -0.373 e. The molecule has 0 spiro atoms. The van der Waals surface area contributed by atoms with Crippen molar-refractivity contribution in [3.63, 3.8) is 0 Å². The SMILES string of the molecule is CC(C)C(Nc1ccc(CNC(=O)[C@@H]2SCCN2C(=O)CC(N)Cc2cc(F)c(F)cc2F)cc1)C(=O)NC1CCNCC1. The number of thioether (sulfide) groups is 1. The molecule has 9 nitrogen and oxygen atoms in total. The van der Waals surface area contributed by atoms with Crippen LogP contribution in [0, 0.1) is 23.4 Å². The van der Waals surface area contributed by atoms with Crippen LogP contribution in [-0.2, 0) is 27.3 Å². The molecule has 4 rings (SSSR count). The summed E-state index contributed by atoms with van der Waals surface area (Å²) in [5.74, 6) is -3.47. The van der Waals surface area contributed by atoms with E-state index in [1.54, 1.807) is 0 Å². The third-order valence-electron chi connectivity index (χ3n) is 7.82. The Labute approximate surface area is 260 Å². The number of benzene rings is 2. The third kappa shape index (κ3) is 9.12. The second-order valence-corrected chi connectivity index (χ2v) is 12.8. The van der Waals surface area contributed by atoms with Gasteiger partial charge in [-0.3, -0.25) is 14.4 Å². The van der Waals surface area contributed by atoms with Gasteiger partial charge in [0.2, 0.25) is 11.8 Å². The van der Waals surface area contributed by atoms with Crippen molar-refractivity contribution >= 4 is 35.2 Å². The Bertz CT molecular complexity index is 1310. The first-order valence-corrected chi connectivity index (χ1v) is 16.0. The van der Waals surface area contributed by atoms with Gasteiger partial charge in [0.25, 0.3) is 5.91 Å². The van der Waals surface area contributed by atoms with E-state index in [4.69, 9.17) is 5.73 Å². The van der Waals surface area contributed by atoms with E-state index in [1.165, 1.54) is 16.7 Å². The van der Waals surface area contributed by atoms with Crippen LogP contribution in [0.3, 0.4) is 0 Å². The lowest BCUT2D eigenvalue weighted by atomic mass is 10.0. The molecule has 2 aliphatic heterocycles. The number of nitrogens with one attached hydrogen (secondary N) is 4. The molecule has 6 N–H and O–H groups in total. The summed E-state index contributed by atoms with van der Waals surface area (Å²) in [4.78, 5) is 40.4. The van der Waals surface area contributed by atoms with E-state index in [-0.39, 0.29) is 60.7 Å². The summed E-state index contributed by atoms with van der Waals surface area (Å²) in [7, 11) is 0. The van der Waals surface area contributed by atoms with E-state index in [1.807, 2.05) is 38.1 Å². The summed E-state index contributed by atoms with van der Waals surface area (Å²) >= 11 is 1.34. The number of rotatable bonds is 12. The zero-order valence-electron chi connectivity index (χ0n) is 25.0. The molecule has 0 aliphatic carbocycles. The minimum atomic E-state index is -1.29. The van der Waals surface area contributed by atoms with Crippen LogP contribution in [-0.4, -0.2) is 71.5 Å². The van der Waals surface area contributed by atoms with E-state index >= 15 is 0 Å². The van der Waals surface area contributed by atoms with Crippen LogP contribution < -0.4 is 27.0 Å². The molecule has 2 saturated heterocycles. The maximum absolute atomic E-state index is 14.0. The van der Waals surface area contributed by atoms with Crippen molar-refractivity contribution in [2.75, 3.05) is 30.7 Å². The first kappa shape index (κ1) is 33.6. The summed E-state index contributed by atoms with van der Waals surface area (Å²) in [6, 6.07) is 7.62. The fraction of sp³-hybridized carbons (Fsp3) is 0.516. The number of amides is 3. The highest BCUT2D eigenvalue weighted by Gasteiger charge is 2.35. The van der Waals surface area contributed by atoms with Crippen LogP contribution in [0.5, 0.6) is 0 Å². The molecule has 44 heavy (non-hydrogen) atoms. The summed E-state index contributed by atoms with van der Waals surface area (Å²) in [5, 5.41) is 11.9. The fourth-order valence-electron chi connectivity index (χ4n) is 5.33. The highest BCUT2D eigenvalue weighted by Crippen LogP contribution is 2.26. The number of carbonyl (C=O) groups is 3. The molecule has 2 fully saturated rings. The molecule has 3 atom stereocenters. The van der Waals surface area contributed by atoms with Crippen molar-refractivity contribution in [3.8, 4) is 0 Å². The summed E-state index contributed by atoms with van der Waals surface area (Å²) in [6.45, 7) is 6.40. The van der Waals surface area contributed by atoms with Crippen LogP contribution in [0.15, 0.2) is 36.4 Å². The van der Waals surface area contributed by atoms with Crippen LogP contribution in [0.1, 0.15) is 44.2 Å². The van der Waals surface area contributed by atoms with Gasteiger partial charge in [0.1, 0.15) is 11.9 Å². The van der Waals surface area contributed by atoms with Gasteiger partial charge in [0, 0.05) is 49.1 Å². The summed E-state index contributed by atoms with van der Waals surface area (Å²) < 4.78 is 40.8. The Balaban J connectivity index is 1.26. The average Bonchev–Trinajstić information content (AvgIpc) is 3.49. The fourth-order valence-corrected chi connectivity index (χ4v) is 6.49. The Hall–Kier alpha value is -3.29. The molecule has 0 saturated carbocycles. The Morgan fingerprint density at radius 1 is 1.05 bits per heavy atom. The quantitative estimate of drug-likeness (QED) is 0.227. The topological polar surface area (TPSA) is 129 Å². The second kappa shape index (κ2) is 15.6. The zero-order chi connectivity index (χ0) is 31.8. The molecule has 2 unspecified atom stereocenters. The molecule has 2 aromatic rings. The van der Waals surface area contributed by atoms with Crippen molar-refractivity contribution in [1.82, 2.24) is 20.9 Å². The maximum Gasteiger partial charge on any atom is 0.253 e. The van der Waals surface area contributed by atoms with Gasteiger partial charge in [0.05, 0.1) is 0 Å². The summed E-state index contributed by atoms with van der Waals surface area (Å²) in [6.07, 6.45) is 1.50. The monoisotopic (exact) mass is 634 g/mol. The van der Waals surface area contributed by atoms with Gasteiger partial charge in [-0.25, -0.2) is 13.2 Å². The Morgan fingerprint density at radius 3 is 2.41 bits per heavy atom. The van der Waals surface area contributed by atoms with Crippen molar-refractivity contribution in [2.24, 2.45) is 11.7 Å². The third-order valence-corrected chi connectivity index (χ3v) is 9.02. The van der Waals surface area contributed by atoms with Crippen molar-refractivity contribution in [1.29, 1.82) is 0 Å². The van der Waals surface area contributed by atoms with Crippen molar-refractivity contribution < 1.29 is 27.6 Å². The maximum atomic E-state index is 14.0. The number of piperidine rings is 1. The van der Waals surface area contributed by atoms with Gasteiger partial charge in [-0.15, -0.1) is 11.8 Å². The first-order chi connectivity index (χ1) is 21.0. The molecule has 13 heteroatoms. The van der Waals surface area contributed by atoms with Crippen molar-refractivity contribution in [3.05, 3.63) is 65.0 Å². The highest BCUT2D eigenvalue weighted by molar-refractivity contribution is 8.00. The van der Waals surface area contributed by atoms with Crippen LogP contribution in [0.25, 0.3) is 0 Å². The molecule has 240 valence electrons. The first-order valence-electron chi connectivity index (χ1n) is 15.0. The summed E-state index contributed by atoms with van der Waals surface area (Å²) in [5.41, 5.74) is 7.56. The van der Waals surface area contributed by atoms with Gasteiger partial charge in [0.15, 0.2) is 17.0 Å². The zero-order valence-corrected chi connectivity index (χ0v) is 25.8. The molecule has 2 heterocycles. The smallest absolute Gasteiger partial charge is 0.253 e. The lowest BCUT2D eigenvalue weighted by Crippen LogP contribution is -2.49. The van der Waals surface area contributed by atoms with Gasteiger partial charge >= 0.3 is 0 Å². The molecule has 2 aromatic carbocycles. The van der Waals surface area contributed by atoms with Gasteiger partial charge in [-0.1, -0.05) is 26.0 Å². The average molecular weight is 635 g/mol. The standard InChI is InChI=1S/C31H41F3N6O3S/c1-18(2)28(29(42)39-23-7-9-36-10-8-23)38-22-5-3-19(4-6-22)17-37-30(43)31-40(11-12-44-31)27(41)15-21(35)13-20-14-25(33)26(34)16-24(20)32/h3-6,14,16,18,21,23,28,31,36,38H,7-13,15,17,35H2,1-2H3,(H,37,43)(H,39,42)/t21?,28?,31-/m0/s1. The highest BCUT2D eigenvalue weighted by atomic mass is 32.2. The predicted octanol–water partition coefficient (Wildman–Crippen LogP) is 2.89. The lowest BCUT2D eigenvalue weighted by Gasteiger charge is -2.28. The van der Waals surface area contributed by atoms with E-state index in [0.717, 1.165) is 43.2 Å². The molecule has 0 aromatic heterocycles. The number of carbonyl (C=O) groups excluding carboxylic acids is 3. The number of hydrogen-bond acceptors (Lipinski definition) is 7. The van der Waals surface area contributed by atoms with Crippen LogP contribution in [0.4, 0.5) is 18.9 Å². The van der Waals surface area contributed by atoms with E-state index in [2.05, 4.69) is 21.3 Å². The van der Waals surface area contributed by atoms with Gasteiger partial charge in [-0.2, -0.15) is 0 Å². The molecular formula is C31H41F3N6O3S. The van der Waals surface area contributed by atoms with Crippen molar-refractivity contribution in [2.45, 2.75) is 69.6 Å². The molecular weight excluding hydrogens is 593 g/mol. The van der Waals surface area contributed by atoms with Crippen LogP contribution in [0.2, 0.25) is 0 Å². The van der Waals surface area contributed by atoms with Gasteiger partial charge < -0.3 is 31.9 Å². The number of halogens is 3. The Morgan fingerprint density at radius 2 is 1.73 bits per heavy atom. The molecule has 3 amide bonds. The predicted molar refractivity (Wildman–Crippen MR) is 165 cm³/mol. The molecule has 0 radical (unpaired) electrons. The number of anilines is 1. The molecule has 0 bridgehead atoms. The largest absolute Gasteiger partial charge is 0.373 e. The number of nitrogens with zero attached hydrogens (tertiary/aromatic N) is 1. The second-order valence-electron chi connectivity index (χ2n) is 11.6. The molecule has 2 aliphatic rings. The lowest BCUT2D eigenvalue weighted by molar-refractivity contribution is -0.136. The number of nitrogens with two attached hydrogens (primary N) is 1. The van der Waals surface area contributed by atoms with E-state index in [9.17, 15) is 27.6 Å². The van der Waals surface area contributed by atoms with Gasteiger partial charge in [-0.05, 0) is 67.6 Å². The Kier molecular flexibility index (Phi) is 11.9.